The lowest BCUT2D eigenvalue weighted by Crippen LogP contribution is -2.34. The van der Waals surface area contributed by atoms with E-state index in [0.29, 0.717) is 12.6 Å². The van der Waals surface area contributed by atoms with E-state index in [-0.39, 0.29) is 0 Å². The number of anilines is 1. The van der Waals surface area contributed by atoms with Gasteiger partial charge in [-0.2, -0.15) is 0 Å². The fourth-order valence-corrected chi connectivity index (χ4v) is 2.51. The summed E-state index contributed by atoms with van der Waals surface area (Å²) >= 11 is 3.52. The van der Waals surface area contributed by atoms with Crippen LogP contribution in [0.15, 0.2) is 22.7 Å². The minimum atomic E-state index is 0.422. The Morgan fingerprint density at radius 3 is 3.06 bits per heavy atom. The van der Waals surface area contributed by atoms with Crippen LogP contribution in [-0.4, -0.2) is 19.2 Å². The van der Waals surface area contributed by atoms with Crippen molar-refractivity contribution in [2.24, 2.45) is 5.90 Å². The van der Waals surface area contributed by atoms with E-state index < -0.39 is 0 Å². The van der Waals surface area contributed by atoms with Crippen molar-refractivity contribution < 1.29 is 4.84 Å². The van der Waals surface area contributed by atoms with Crippen LogP contribution in [0.1, 0.15) is 18.4 Å². The minimum Gasteiger partial charge on any atom is -0.366 e. The van der Waals surface area contributed by atoms with E-state index in [1.165, 1.54) is 17.7 Å². The predicted octanol–water partition coefficient (Wildman–Crippen LogP) is 2.62. The predicted molar refractivity (Wildman–Crippen MR) is 69.4 cm³/mol. The van der Waals surface area contributed by atoms with Crippen molar-refractivity contribution >= 4 is 21.6 Å². The third-order valence-electron chi connectivity index (χ3n) is 3.14. The second-order valence-electron chi connectivity index (χ2n) is 4.26. The third-order valence-corrected chi connectivity index (χ3v) is 4.03. The quantitative estimate of drug-likeness (QED) is 0.868. The molecule has 0 radical (unpaired) electrons. The Morgan fingerprint density at radius 2 is 2.38 bits per heavy atom. The fraction of sp³-hybridized carbons (Fsp3) is 0.500. The van der Waals surface area contributed by atoms with Gasteiger partial charge in [0.1, 0.15) is 0 Å². The standard InChI is InChI=1S/C12H17BrN2O/c1-9-7-10(4-5-12(9)13)15-6-2-3-11(15)8-16-14/h4-5,7,11H,2-3,6,8,14H2,1H3. The molecule has 0 aromatic heterocycles. The normalized spacial score (nSPS) is 20.4. The van der Waals surface area contributed by atoms with E-state index in [4.69, 9.17) is 10.7 Å². The van der Waals surface area contributed by atoms with Gasteiger partial charge in [-0.15, -0.1) is 0 Å². The molecule has 4 heteroatoms. The second-order valence-corrected chi connectivity index (χ2v) is 5.11. The van der Waals surface area contributed by atoms with Crippen molar-refractivity contribution in [2.45, 2.75) is 25.8 Å². The van der Waals surface area contributed by atoms with Crippen LogP contribution in [0.4, 0.5) is 5.69 Å². The summed E-state index contributed by atoms with van der Waals surface area (Å²) in [6.07, 6.45) is 2.37. The number of nitrogens with zero attached hydrogens (tertiary/aromatic N) is 1. The first-order chi connectivity index (χ1) is 7.72. The van der Waals surface area contributed by atoms with Crippen LogP contribution in [0.3, 0.4) is 0 Å². The number of nitrogens with two attached hydrogens (primary N) is 1. The summed E-state index contributed by atoms with van der Waals surface area (Å²) in [6, 6.07) is 6.87. The Hall–Kier alpha value is -0.580. The first kappa shape index (κ1) is 11.9. The van der Waals surface area contributed by atoms with Gasteiger partial charge in [0.05, 0.1) is 12.6 Å². The summed E-state index contributed by atoms with van der Waals surface area (Å²) in [5.74, 6) is 5.17. The van der Waals surface area contributed by atoms with Gasteiger partial charge in [0, 0.05) is 16.7 Å². The van der Waals surface area contributed by atoms with E-state index in [0.717, 1.165) is 17.4 Å². The van der Waals surface area contributed by atoms with Crippen molar-refractivity contribution in [3.8, 4) is 0 Å². The molecule has 16 heavy (non-hydrogen) atoms. The van der Waals surface area contributed by atoms with Crippen LogP contribution < -0.4 is 10.8 Å². The average Bonchev–Trinajstić information content (AvgIpc) is 2.71. The Balaban J connectivity index is 2.19. The summed E-state index contributed by atoms with van der Waals surface area (Å²) in [5.41, 5.74) is 2.53. The van der Waals surface area contributed by atoms with E-state index >= 15 is 0 Å². The molecule has 1 saturated heterocycles. The van der Waals surface area contributed by atoms with Gasteiger partial charge in [0.15, 0.2) is 0 Å². The number of benzene rings is 1. The van der Waals surface area contributed by atoms with Gasteiger partial charge in [-0.05, 0) is 43.5 Å². The second kappa shape index (κ2) is 5.17. The van der Waals surface area contributed by atoms with Gasteiger partial charge in [-0.1, -0.05) is 15.9 Å². The summed E-state index contributed by atoms with van der Waals surface area (Å²) in [6.45, 7) is 3.81. The Kier molecular flexibility index (Phi) is 3.84. The molecule has 0 aliphatic carbocycles. The molecule has 0 saturated carbocycles. The van der Waals surface area contributed by atoms with Gasteiger partial charge >= 0.3 is 0 Å². The Morgan fingerprint density at radius 1 is 1.56 bits per heavy atom. The first-order valence-electron chi connectivity index (χ1n) is 5.57. The highest BCUT2D eigenvalue weighted by Crippen LogP contribution is 2.28. The lowest BCUT2D eigenvalue weighted by Gasteiger charge is -2.26. The van der Waals surface area contributed by atoms with Crippen molar-refractivity contribution in [3.63, 3.8) is 0 Å². The zero-order valence-corrected chi connectivity index (χ0v) is 11.0. The summed E-state index contributed by atoms with van der Waals surface area (Å²) in [5, 5.41) is 0. The molecular formula is C12H17BrN2O. The zero-order valence-electron chi connectivity index (χ0n) is 9.45. The minimum absolute atomic E-state index is 0.422. The number of hydrogen-bond acceptors (Lipinski definition) is 3. The molecule has 0 spiro atoms. The molecule has 1 aliphatic rings. The monoisotopic (exact) mass is 284 g/mol. The van der Waals surface area contributed by atoms with E-state index in [1.54, 1.807) is 0 Å². The maximum absolute atomic E-state index is 5.17. The molecule has 1 heterocycles. The van der Waals surface area contributed by atoms with Gasteiger partial charge in [-0.3, -0.25) is 0 Å². The van der Waals surface area contributed by atoms with Crippen LogP contribution in [0, 0.1) is 6.92 Å². The molecule has 1 unspecified atom stereocenters. The molecule has 3 nitrogen and oxygen atoms in total. The lowest BCUT2D eigenvalue weighted by atomic mass is 10.2. The Labute approximate surface area is 105 Å². The van der Waals surface area contributed by atoms with Crippen LogP contribution in [0.25, 0.3) is 0 Å². The molecular weight excluding hydrogens is 268 g/mol. The third kappa shape index (κ3) is 2.39. The molecule has 1 aromatic carbocycles. The van der Waals surface area contributed by atoms with Crippen LogP contribution >= 0.6 is 15.9 Å². The molecule has 1 aromatic rings. The largest absolute Gasteiger partial charge is 0.366 e. The molecule has 1 aliphatic heterocycles. The highest BCUT2D eigenvalue weighted by molar-refractivity contribution is 9.10. The van der Waals surface area contributed by atoms with E-state index in [1.807, 2.05) is 0 Å². The summed E-state index contributed by atoms with van der Waals surface area (Å²) < 4.78 is 1.15. The molecule has 2 N–H and O–H groups in total. The lowest BCUT2D eigenvalue weighted by molar-refractivity contribution is 0.124. The maximum atomic E-state index is 5.17. The van der Waals surface area contributed by atoms with Crippen molar-refractivity contribution in [1.82, 2.24) is 0 Å². The molecule has 0 amide bonds. The number of halogens is 1. The van der Waals surface area contributed by atoms with Crippen molar-refractivity contribution in [2.75, 3.05) is 18.1 Å². The van der Waals surface area contributed by atoms with Crippen LogP contribution in [0.2, 0.25) is 0 Å². The van der Waals surface area contributed by atoms with Crippen LogP contribution in [0.5, 0.6) is 0 Å². The smallest absolute Gasteiger partial charge is 0.0882 e. The van der Waals surface area contributed by atoms with Gasteiger partial charge in [0.2, 0.25) is 0 Å². The molecule has 1 atom stereocenters. The topological polar surface area (TPSA) is 38.5 Å². The van der Waals surface area contributed by atoms with E-state index in [9.17, 15) is 0 Å². The highest BCUT2D eigenvalue weighted by Gasteiger charge is 2.24. The summed E-state index contributed by atoms with van der Waals surface area (Å²) in [4.78, 5) is 7.16. The van der Waals surface area contributed by atoms with Crippen molar-refractivity contribution in [1.29, 1.82) is 0 Å². The number of aryl methyl sites for hydroxylation is 1. The maximum Gasteiger partial charge on any atom is 0.0882 e. The molecule has 0 bridgehead atoms. The first-order valence-corrected chi connectivity index (χ1v) is 6.36. The van der Waals surface area contributed by atoms with Gasteiger partial charge in [0.25, 0.3) is 0 Å². The van der Waals surface area contributed by atoms with Crippen LogP contribution in [-0.2, 0) is 4.84 Å². The van der Waals surface area contributed by atoms with E-state index in [2.05, 4.69) is 46.0 Å². The average molecular weight is 285 g/mol. The molecule has 1 fully saturated rings. The summed E-state index contributed by atoms with van der Waals surface area (Å²) in [7, 11) is 0. The number of hydrogen-bond donors (Lipinski definition) is 1. The SMILES string of the molecule is Cc1cc(N2CCCC2CON)ccc1Br. The Bertz CT molecular complexity index is 370. The molecule has 2 rings (SSSR count). The van der Waals surface area contributed by atoms with Crippen molar-refractivity contribution in [3.05, 3.63) is 28.2 Å². The molecule has 88 valence electrons. The highest BCUT2D eigenvalue weighted by atomic mass is 79.9. The van der Waals surface area contributed by atoms with Gasteiger partial charge in [-0.25, -0.2) is 5.90 Å². The fourth-order valence-electron chi connectivity index (χ4n) is 2.27. The number of rotatable bonds is 3. The van der Waals surface area contributed by atoms with Gasteiger partial charge < -0.3 is 9.74 Å². The zero-order chi connectivity index (χ0) is 11.5.